The Hall–Kier alpha value is -1.62. The average Bonchev–Trinajstić information content (AvgIpc) is 3.16. The van der Waals surface area contributed by atoms with Crippen LogP contribution in [0.15, 0.2) is 12.3 Å². The summed E-state index contributed by atoms with van der Waals surface area (Å²) < 4.78 is 8.06. The second-order valence-corrected chi connectivity index (χ2v) is 8.87. The number of rotatable bonds is 6. The minimum absolute atomic E-state index is 0.0231. The highest BCUT2D eigenvalue weighted by molar-refractivity contribution is 7.99. The quantitative estimate of drug-likeness (QED) is 0.558. The van der Waals surface area contributed by atoms with Crippen molar-refractivity contribution in [3.8, 4) is 0 Å². The molecule has 2 fully saturated rings. The summed E-state index contributed by atoms with van der Waals surface area (Å²) in [7, 11) is 0. The lowest BCUT2D eigenvalue weighted by atomic mass is 9.73. The van der Waals surface area contributed by atoms with Crippen molar-refractivity contribution in [2.24, 2.45) is 0 Å². The van der Waals surface area contributed by atoms with E-state index in [-0.39, 0.29) is 12.4 Å². The van der Waals surface area contributed by atoms with Crippen LogP contribution in [0.25, 0.3) is 0 Å². The number of thioether (sulfide) groups is 1. The Morgan fingerprint density at radius 1 is 1.43 bits per heavy atom. The number of carbonyl (C=O) groups is 2. The molecule has 0 radical (unpaired) electrons. The normalized spacial score (nSPS) is 25.9. The van der Waals surface area contributed by atoms with Gasteiger partial charge >= 0.3 is 0 Å². The van der Waals surface area contributed by atoms with Crippen molar-refractivity contribution in [2.75, 3.05) is 31.7 Å². The monoisotopic (exact) mass is 442 g/mol. The lowest BCUT2D eigenvalue weighted by Gasteiger charge is -2.53. The van der Waals surface area contributed by atoms with Crippen molar-refractivity contribution in [3.05, 3.63) is 18.0 Å². The third kappa shape index (κ3) is 5.96. The molecule has 0 aliphatic carbocycles. The van der Waals surface area contributed by atoms with Crippen molar-refractivity contribution in [3.63, 3.8) is 0 Å². The van der Waals surface area contributed by atoms with Crippen LogP contribution in [0.3, 0.4) is 0 Å². The molecule has 1 aromatic rings. The number of aryl methyl sites for hydroxylation is 1. The number of likely N-dealkylation sites (tertiary alicyclic amines) is 1. The number of hydrogen-bond acceptors (Lipinski definition) is 7. The van der Waals surface area contributed by atoms with Crippen molar-refractivity contribution in [1.29, 1.82) is 0 Å². The van der Waals surface area contributed by atoms with Gasteiger partial charge in [0.25, 0.3) is 6.47 Å². The van der Waals surface area contributed by atoms with E-state index < -0.39 is 17.2 Å². The molecule has 0 unspecified atom stereocenters. The number of hydrogen-bond donors (Lipinski definition) is 3. The van der Waals surface area contributed by atoms with Gasteiger partial charge in [-0.1, -0.05) is 0 Å². The first kappa shape index (κ1) is 24.6. The minimum atomic E-state index is -0.703. The minimum Gasteiger partial charge on any atom is -0.483 e. The first-order chi connectivity index (χ1) is 14.3. The Morgan fingerprint density at radius 3 is 2.67 bits per heavy atom. The fourth-order valence-electron chi connectivity index (χ4n) is 4.28. The molecule has 9 nitrogen and oxygen atoms in total. The van der Waals surface area contributed by atoms with Crippen molar-refractivity contribution in [2.45, 2.75) is 63.4 Å². The molecule has 3 heterocycles. The number of ether oxygens (including phenoxy) is 1. The maximum absolute atomic E-state index is 12.1. The van der Waals surface area contributed by atoms with Gasteiger partial charge < -0.3 is 20.3 Å². The molecule has 170 valence electrons. The molecule has 1 aromatic heterocycles. The van der Waals surface area contributed by atoms with E-state index >= 15 is 0 Å². The van der Waals surface area contributed by atoms with Gasteiger partial charge in [-0.05, 0) is 45.4 Å². The molecule has 1 spiro atoms. The summed E-state index contributed by atoms with van der Waals surface area (Å²) in [5.74, 6) is 0.388. The molecule has 2 aliphatic heterocycles. The Bertz CT molecular complexity index is 692. The second-order valence-electron chi connectivity index (χ2n) is 8.01. The number of carboxylic acid groups (broad SMARTS) is 1. The molecule has 2 saturated heterocycles. The summed E-state index contributed by atoms with van der Waals surface area (Å²) >= 11 is 1.49. The number of amides is 1. The van der Waals surface area contributed by atoms with E-state index in [0.29, 0.717) is 18.8 Å². The van der Waals surface area contributed by atoms with Gasteiger partial charge in [-0.15, -0.1) is 0 Å². The van der Waals surface area contributed by atoms with Crippen molar-refractivity contribution in [1.82, 2.24) is 20.0 Å². The highest BCUT2D eigenvalue weighted by Crippen LogP contribution is 2.40. The van der Waals surface area contributed by atoms with Gasteiger partial charge in [-0.3, -0.25) is 19.2 Å². The molecule has 30 heavy (non-hydrogen) atoms. The van der Waals surface area contributed by atoms with E-state index in [0.717, 1.165) is 44.7 Å². The van der Waals surface area contributed by atoms with E-state index in [4.69, 9.17) is 14.6 Å². The number of aliphatic hydroxyl groups is 1. The van der Waals surface area contributed by atoms with Crippen LogP contribution in [-0.4, -0.2) is 86.2 Å². The fourth-order valence-corrected chi connectivity index (χ4v) is 4.61. The molecule has 2 aliphatic rings. The van der Waals surface area contributed by atoms with Gasteiger partial charge in [0, 0.05) is 39.0 Å². The van der Waals surface area contributed by atoms with Gasteiger partial charge in [0.2, 0.25) is 5.91 Å². The smallest absolute Gasteiger partial charge is 0.290 e. The van der Waals surface area contributed by atoms with E-state index in [1.54, 1.807) is 0 Å². The summed E-state index contributed by atoms with van der Waals surface area (Å²) in [6.45, 7) is 7.75. The largest absolute Gasteiger partial charge is 0.483 e. The van der Waals surface area contributed by atoms with Gasteiger partial charge in [-0.2, -0.15) is 16.9 Å². The van der Waals surface area contributed by atoms with E-state index in [9.17, 15) is 9.90 Å². The van der Waals surface area contributed by atoms with Gasteiger partial charge in [0.05, 0.1) is 22.6 Å². The van der Waals surface area contributed by atoms with Crippen LogP contribution >= 0.6 is 11.8 Å². The lowest BCUT2D eigenvalue weighted by molar-refractivity contribution is -0.208. The van der Waals surface area contributed by atoms with E-state index in [2.05, 4.69) is 28.3 Å². The molecule has 0 aromatic carbocycles. The summed E-state index contributed by atoms with van der Waals surface area (Å²) in [5.41, 5.74) is -0.126. The van der Waals surface area contributed by atoms with Crippen LogP contribution in [0.4, 0.5) is 0 Å². The molecular weight excluding hydrogens is 408 g/mol. The zero-order chi connectivity index (χ0) is 22.2. The van der Waals surface area contributed by atoms with Crippen LogP contribution in [0, 0.1) is 0 Å². The summed E-state index contributed by atoms with van der Waals surface area (Å²) in [4.78, 5) is 22.8. The van der Waals surface area contributed by atoms with Gasteiger partial charge in [0.15, 0.2) is 0 Å². The van der Waals surface area contributed by atoms with Crippen LogP contribution in [-0.2, 0) is 27.4 Å². The molecule has 1 amide bonds. The van der Waals surface area contributed by atoms with Crippen LogP contribution < -0.4 is 5.32 Å². The third-order valence-corrected chi connectivity index (χ3v) is 6.47. The van der Waals surface area contributed by atoms with Crippen LogP contribution in [0.1, 0.15) is 38.8 Å². The Morgan fingerprint density at radius 2 is 2.10 bits per heavy atom. The standard InChI is InChI=1S/C19H32N4O3S.CH2O2/c1-4-23-9-5-15(21-23)13-22-10-6-19(7-11-22)17(25)18(2,8-12-26-19)20-16(24)14-27-3;2-1-3/h5,9,17,25H,4,6-8,10-14H2,1-3H3,(H,20,24);1H,(H,2,3)/t17-,18+;/m0./s1. The number of piperidine rings is 1. The van der Waals surface area contributed by atoms with Crippen LogP contribution in [0.5, 0.6) is 0 Å². The number of carbonyl (C=O) groups excluding carboxylic acids is 1. The zero-order valence-corrected chi connectivity index (χ0v) is 18.9. The Kier molecular flexibility index (Phi) is 9.14. The molecule has 3 rings (SSSR count). The fraction of sp³-hybridized carbons (Fsp3) is 0.750. The maximum atomic E-state index is 12.1. The van der Waals surface area contributed by atoms with E-state index in [1.807, 2.05) is 24.1 Å². The summed E-state index contributed by atoms with van der Waals surface area (Å²) in [6.07, 6.45) is 5.37. The van der Waals surface area contributed by atoms with E-state index in [1.165, 1.54) is 11.8 Å². The number of aliphatic hydroxyl groups excluding tert-OH is 1. The van der Waals surface area contributed by atoms with Gasteiger partial charge in [0.1, 0.15) is 6.10 Å². The predicted molar refractivity (Wildman–Crippen MR) is 115 cm³/mol. The van der Waals surface area contributed by atoms with Crippen molar-refractivity contribution >= 4 is 24.1 Å². The number of nitrogens with one attached hydrogen (secondary N) is 1. The topological polar surface area (TPSA) is 117 Å². The molecule has 3 N–H and O–H groups in total. The SMILES string of the molecule is CCn1ccc(CN2CCC3(CC2)OCC[C@@](C)(NC(=O)CSC)[C@@H]3O)n1.O=CO. The molecular formula is C20H34N4O5S. The molecule has 10 heteroatoms. The highest BCUT2D eigenvalue weighted by Gasteiger charge is 2.53. The summed E-state index contributed by atoms with van der Waals surface area (Å²) in [5, 5.41) is 25.7. The van der Waals surface area contributed by atoms with Gasteiger partial charge in [-0.25, -0.2) is 0 Å². The third-order valence-electron chi connectivity index (χ3n) is 5.92. The summed E-state index contributed by atoms with van der Waals surface area (Å²) in [6, 6.07) is 2.07. The second kappa shape index (κ2) is 11.1. The molecule has 0 bridgehead atoms. The first-order valence-electron chi connectivity index (χ1n) is 10.3. The predicted octanol–water partition coefficient (Wildman–Crippen LogP) is 0.958. The Labute approximate surface area is 182 Å². The average molecular weight is 443 g/mol. The Balaban J connectivity index is 0.00000101. The van der Waals surface area contributed by atoms with Crippen molar-refractivity contribution < 1.29 is 24.5 Å². The van der Waals surface area contributed by atoms with Crippen LogP contribution in [0.2, 0.25) is 0 Å². The number of aromatic nitrogens is 2. The molecule has 2 atom stereocenters. The maximum Gasteiger partial charge on any atom is 0.290 e. The molecule has 0 saturated carbocycles. The zero-order valence-electron chi connectivity index (χ0n) is 18.0. The first-order valence-corrected chi connectivity index (χ1v) is 11.7. The highest BCUT2D eigenvalue weighted by atomic mass is 32.2. The number of nitrogens with zero attached hydrogens (tertiary/aromatic N) is 3. The lowest BCUT2D eigenvalue weighted by Crippen LogP contribution is -2.69.